The van der Waals surface area contributed by atoms with Crippen LogP contribution >= 0.6 is 0 Å². The normalized spacial score (nSPS) is 14.4. The Kier molecular flexibility index (Phi) is 4.04. The molecule has 1 heterocycles. The summed E-state index contributed by atoms with van der Waals surface area (Å²) < 4.78 is 0. The van der Waals surface area contributed by atoms with Crippen LogP contribution in [0.5, 0.6) is 0 Å². The molecule has 1 N–H and O–H groups in total. The molecule has 6 nitrogen and oxygen atoms in total. The Morgan fingerprint density at radius 1 is 1.04 bits per heavy atom. The van der Waals surface area contributed by atoms with Crippen molar-refractivity contribution in [2.24, 2.45) is 0 Å². The molecule has 0 aromatic heterocycles. The molecule has 3 rings (SSSR count). The van der Waals surface area contributed by atoms with Crippen molar-refractivity contribution in [3.8, 4) is 0 Å². The first-order chi connectivity index (χ1) is 11.8. The van der Waals surface area contributed by atoms with Gasteiger partial charge in [-0.1, -0.05) is 12.1 Å². The lowest BCUT2D eigenvalue weighted by molar-refractivity contribution is 0.0583. The van der Waals surface area contributed by atoms with E-state index in [-0.39, 0.29) is 5.56 Å². The first-order valence-corrected chi connectivity index (χ1v) is 7.84. The molecule has 0 fully saturated rings. The number of anilines is 1. The lowest BCUT2D eigenvalue weighted by atomic mass is 9.99. The van der Waals surface area contributed by atoms with Crippen molar-refractivity contribution < 1.29 is 19.5 Å². The van der Waals surface area contributed by atoms with E-state index in [2.05, 4.69) is 0 Å². The zero-order chi connectivity index (χ0) is 18.3. The third kappa shape index (κ3) is 2.65. The average molecular weight is 338 g/mol. The number of fused-ring (bicyclic) bond motifs is 1. The van der Waals surface area contributed by atoms with Crippen molar-refractivity contribution in [3.05, 3.63) is 64.7 Å². The van der Waals surface area contributed by atoms with Gasteiger partial charge in [-0.3, -0.25) is 14.5 Å². The number of aromatic carboxylic acids is 1. The van der Waals surface area contributed by atoms with Crippen LogP contribution in [0, 0.1) is 0 Å². The summed E-state index contributed by atoms with van der Waals surface area (Å²) >= 11 is 0. The first kappa shape index (κ1) is 16.7. The molecule has 1 aliphatic heterocycles. The lowest BCUT2D eigenvalue weighted by Gasteiger charge is -2.25. The molecule has 0 aliphatic carbocycles. The van der Waals surface area contributed by atoms with Crippen molar-refractivity contribution in [2.75, 3.05) is 19.0 Å². The Labute approximate surface area is 145 Å². The van der Waals surface area contributed by atoms with Gasteiger partial charge in [-0.05, 0) is 42.8 Å². The monoisotopic (exact) mass is 338 g/mol. The van der Waals surface area contributed by atoms with Crippen molar-refractivity contribution >= 4 is 23.5 Å². The molecule has 0 saturated carbocycles. The van der Waals surface area contributed by atoms with Gasteiger partial charge in [0.25, 0.3) is 11.8 Å². The van der Waals surface area contributed by atoms with E-state index >= 15 is 0 Å². The van der Waals surface area contributed by atoms with Crippen LogP contribution in [0.4, 0.5) is 5.69 Å². The first-order valence-electron chi connectivity index (χ1n) is 7.84. The second-order valence-corrected chi connectivity index (χ2v) is 6.17. The third-order valence-electron chi connectivity index (χ3n) is 4.44. The second kappa shape index (κ2) is 6.05. The van der Waals surface area contributed by atoms with Crippen LogP contribution < -0.4 is 4.90 Å². The number of nitrogens with zero attached hydrogens (tertiary/aromatic N) is 2. The van der Waals surface area contributed by atoms with E-state index in [9.17, 15) is 19.5 Å². The number of imide groups is 1. The molecule has 0 spiro atoms. The summed E-state index contributed by atoms with van der Waals surface area (Å²) in [4.78, 5) is 39.9. The van der Waals surface area contributed by atoms with Gasteiger partial charge >= 0.3 is 5.97 Å². The van der Waals surface area contributed by atoms with Gasteiger partial charge in [0.05, 0.1) is 22.7 Å². The van der Waals surface area contributed by atoms with Crippen LogP contribution in [0.15, 0.2) is 42.5 Å². The Hall–Kier alpha value is -3.15. The van der Waals surface area contributed by atoms with E-state index in [0.29, 0.717) is 16.7 Å². The molecule has 25 heavy (non-hydrogen) atoms. The largest absolute Gasteiger partial charge is 0.478 e. The number of carboxylic acid groups (broad SMARTS) is 1. The highest BCUT2D eigenvalue weighted by molar-refractivity contribution is 6.21. The van der Waals surface area contributed by atoms with Gasteiger partial charge < -0.3 is 10.0 Å². The van der Waals surface area contributed by atoms with Gasteiger partial charge in [0.2, 0.25) is 0 Å². The SMILES string of the molecule is CC(c1cc(N(C)C)ccc1C(=O)O)N1C(=O)c2ccccc2C1=O. The maximum Gasteiger partial charge on any atom is 0.336 e. The van der Waals surface area contributed by atoms with Gasteiger partial charge in [0.1, 0.15) is 0 Å². The molecule has 1 aliphatic rings. The average Bonchev–Trinajstić information content (AvgIpc) is 2.85. The number of carbonyl (C=O) groups excluding carboxylic acids is 2. The second-order valence-electron chi connectivity index (χ2n) is 6.17. The molecule has 2 aromatic carbocycles. The fraction of sp³-hybridized carbons (Fsp3) is 0.211. The smallest absolute Gasteiger partial charge is 0.336 e. The van der Waals surface area contributed by atoms with Gasteiger partial charge in [-0.15, -0.1) is 0 Å². The van der Waals surface area contributed by atoms with Gasteiger partial charge in [0.15, 0.2) is 0 Å². The highest BCUT2D eigenvalue weighted by Crippen LogP contribution is 2.34. The number of carboxylic acids is 1. The summed E-state index contributed by atoms with van der Waals surface area (Å²) in [5.41, 5.74) is 1.99. The summed E-state index contributed by atoms with van der Waals surface area (Å²) in [6, 6.07) is 10.8. The zero-order valence-electron chi connectivity index (χ0n) is 14.2. The predicted octanol–water partition coefficient (Wildman–Crippen LogP) is 2.81. The number of hydrogen-bond donors (Lipinski definition) is 1. The van der Waals surface area contributed by atoms with Crippen LogP contribution in [0.25, 0.3) is 0 Å². The third-order valence-corrected chi connectivity index (χ3v) is 4.44. The maximum atomic E-state index is 12.7. The summed E-state index contributed by atoms with van der Waals surface area (Å²) in [7, 11) is 3.68. The van der Waals surface area contributed by atoms with Gasteiger partial charge in [0, 0.05) is 19.8 Å². The Bertz CT molecular complexity index is 854. The molecule has 1 atom stereocenters. The van der Waals surface area contributed by atoms with E-state index in [1.165, 1.54) is 6.07 Å². The quantitative estimate of drug-likeness (QED) is 0.867. The summed E-state index contributed by atoms with van der Waals surface area (Å²) in [6.07, 6.45) is 0. The lowest BCUT2D eigenvalue weighted by Crippen LogP contribution is -2.33. The van der Waals surface area contributed by atoms with E-state index in [1.54, 1.807) is 43.3 Å². The minimum absolute atomic E-state index is 0.0784. The molecule has 6 heteroatoms. The minimum Gasteiger partial charge on any atom is -0.478 e. The molecule has 0 bridgehead atoms. The number of hydrogen-bond acceptors (Lipinski definition) is 4. The predicted molar refractivity (Wildman–Crippen MR) is 93.1 cm³/mol. The molecule has 1 unspecified atom stereocenters. The van der Waals surface area contributed by atoms with Crippen molar-refractivity contribution in [1.82, 2.24) is 4.90 Å². The number of rotatable bonds is 4. The van der Waals surface area contributed by atoms with E-state index in [0.717, 1.165) is 10.6 Å². The van der Waals surface area contributed by atoms with Crippen LogP contribution in [-0.4, -0.2) is 41.9 Å². The molecule has 2 amide bonds. The minimum atomic E-state index is -1.09. The van der Waals surface area contributed by atoms with Gasteiger partial charge in [-0.2, -0.15) is 0 Å². The van der Waals surface area contributed by atoms with Gasteiger partial charge in [-0.25, -0.2) is 4.79 Å². The van der Waals surface area contributed by atoms with Crippen molar-refractivity contribution in [2.45, 2.75) is 13.0 Å². The number of carbonyl (C=O) groups is 3. The van der Waals surface area contributed by atoms with Crippen molar-refractivity contribution in [1.29, 1.82) is 0 Å². The van der Waals surface area contributed by atoms with E-state index < -0.39 is 23.8 Å². The summed E-state index contributed by atoms with van der Waals surface area (Å²) in [6.45, 7) is 1.67. The maximum absolute atomic E-state index is 12.7. The number of amides is 2. The highest BCUT2D eigenvalue weighted by atomic mass is 16.4. The van der Waals surface area contributed by atoms with Crippen LogP contribution in [0.1, 0.15) is 49.6 Å². The Balaban J connectivity index is 2.08. The zero-order valence-corrected chi connectivity index (χ0v) is 14.2. The van der Waals surface area contributed by atoms with Crippen molar-refractivity contribution in [3.63, 3.8) is 0 Å². The molecule has 128 valence electrons. The summed E-state index contributed by atoms with van der Waals surface area (Å²) in [5.74, 6) is -1.90. The van der Waals surface area contributed by atoms with Crippen LogP contribution in [0.2, 0.25) is 0 Å². The standard InChI is InChI=1S/C19H18N2O4/c1-11(16-10-12(20(2)3)8-9-15(16)19(24)25)21-17(22)13-6-4-5-7-14(13)18(21)23/h4-11H,1-3H3,(H,24,25). The fourth-order valence-corrected chi connectivity index (χ4v) is 3.07. The molecule has 0 radical (unpaired) electrons. The van der Waals surface area contributed by atoms with Crippen LogP contribution in [-0.2, 0) is 0 Å². The summed E-state index contributed by atoms with van der Waals surface area (Å²) in [5, 5.41) is 9.49. The van der Waals surface area contributed by atoms with Crippen LogP contribution in [0.3, 0.4) is 0 Å². The molecular formula is C19H18N2O4. The van der Waals surface area contributed by atoms with E-state index in [1.807, 2.05) is 19.0 Å². The fourth-order valence-electron chi connectivity index (χ4n) is 3.07. The number of benzene rings is 2. The van der Waals surface area contributed by atoms with E-state index in [4.69, 9.17) is 0 Å². The highest BCUT2D eigenvalue weighted by Gasteiger charge is 2.39. The Morgan fingerprint density at radius 2 is 1.60 bits per heavy atom. The topological polar surface area (TPSA) is 77.9 Å². The molecule has 2 aromatic rings. The molecule has 0 saturated heterocycles. The molecular weight excluding hydrogens is 320 g/mol. The Morgan fingerprint density at radius 3 is 2.08 bits per heavy atom.